The summed E-state index contributed by atoms with van der Waals surface area (Å²) >= 11 is 0. The summed E-state index contributed by atoms with van der Waals surface area (Å²) in [5.74, 6) is -1.04. The molecule has 0 fully saturated rings. The molecule has 18 heavy (non-hydrogen) atoms. The van der Waals surface area contributed by atoms with Crippen molar-refractivity contribution < 1.29 is 26.7 Å². The average Bonchev–Trinajstić information content (AvgIpc) is 2.19. The lowest BCUT2D eigenvalue weighted by Gasteiger charge is -2.15. The predicted octanol–water partition coefficient (Wildman–Crippen LogP) is 3.29. The quantitative estimate of drug-likeness (QED) is 0.788. The largest absolute Gasteiger partial charge is 0.573 e. The van der Waals surface area contributed by atoms with E-state index in [0.717, 1.165) is 0 Å². The Morgan fingerprint density at radius 3 is 2.50 bits per heavy atom. The van der Waals surface area contributed by atoms with Crippen LogP contribution in [-0.2, 0) is 6.42 Å². The second kappa shape index (κ2) is 5.16. The molecule has 0 unspecified atom stereocenters. The summed E-state index contributed by atoms with van der Waals surface area (Å²) in [6, 6.07) is 1.69. The molecule has 0 aliphatic heterocycles. The minimum absolute atomic E-state index is 0.00215. The van der Waals surface area contributed by atoms with Crippen LogP contribution in [0.4, 0.5) is 22.0 Å². The normalized spacial score (nSPS) is 11.4. The maximum absolute atomic E-state index is 12.7. The molecule has 0 aromatic carbocycles. The lowest BCUT2D eigenvalue weighted by molar-refractivity contribution is -0.275. The Bertz CT molecular complexity index is 478. The standard InChI is InChI=1S/C10H7F5N2O/c1-5-6(2-3-16)17-4-7(8(5)9(11)12)18-10(13,14)15/h4,9H,2H2,1H3. The maximum atomic E-state index is 12.7. The van der Waals surface area contributed by atoms with E-state index in [-0.39, 0.29) is 17.7 Å². The average molecular weight is 266 g/mol. The Labute approximate surface area is 98.8 Å². The number of nitrogens with zero attached hydrogens (tertiary/aromatic N) is 2. The molecular weight excluding hydrogens is 259 g/mol. The van der Waals surface area contributed by atoms with Crippen molar-refractivity contribution in [1.82, 2.24) is 4.98 Å². The number of pyridine rings is 1. The highest BCUT2D eigenvalue weighted by atomic mass is 19.4. The Balaban J connectivity index is 3.29. The number of nitriles is 1. The Kier molecular flexibility index (Phi) is 4.06. The first-order valence-corrected chi connectivity index (χ1v) is 4.65. The molecule has 0 aliphatic carbocycles. The number of rotatable bonds is 3. The Morgan fingerprint density at radius 2 is 2.06 bits per heavy atom. The minimum atomic E-state index is -5.07. The summed E-state index contributed by atoms with van der Waals surface area (Å²) in [5, 5.41) is 8.44. The molecule has 3 nitrogen and oxygen atoms in total. The third-order valence-electron chi connectivity index (χ3n) is 2.13. The molecule has 0 bridgehead atoms. The second-order valence-corrected chi connectivity index (χ2v) is 3.29. The lowest BCUT2D eigenvalue weighted by Crippen LogP contribution is -2.19. The van der Waals surface area contributed by atoms with E-state index in [0.29, 0.717) is 6.20 Å². The molecule has 0 saturated carbocycles. The number of hydrogen-bond acceptors (Lipinski definition) is 3. The monoisotopic (exact) mass is 266 g/mol. The van der Waals surface area contributed by atoms with Crippen molar-refractivity contribution in [2.75, 3.05) is 0 Å². The summed E-state index contributed by atoms with van der Waals surface area (Å²) in [6.07, 6.45) is -7.94. The highest BCUT2D eigenvalue weighted by molar-refractivity contribution is 5.42. The van der Waals surface area contributed by atoms with Gasteiger partial charge in [-0.3, -0.25) is 4.98 Å². The van der Waals surface area contributed by atoms with Crippen LogP contribution in [0.15, 0.2) is 6.20 Å². The van der Waals surface area contributed by atoms with Gasteiger partial charge < -0.3 is 4.74 Å². The minimum Gasteiger partial charge on any atom is -0.404 e. The highest BCUT2D eigenvalue weighted by Crippen LogP contribution is 2.35. The molecule has 0 radical (unpaired) electrons. The first kappa shape index (κ1) is 14.2. The van der Waals surface area contributed by atoms with Gasteiger partial charge >= 0.3 is 6.36 Å². The molecule has 1 aromatic rings. The molecular formula is C10H7F5N2O. The zero-order chi connectivity index (χ0) is 13.9. The van der Waals surface area contributed by atoms with E-state index in [2.05, 4.69) is 9.72 Å². The molecule has 0 atom stereocenters. The first-order chi connectivity index (χ1) is 8.26. The smallest absolute Gasteiger partial charge is 0.404 e. The summed E-state index contributed by atoms with van der Waals surface area (Å²) in [5.41, 5.74) is -1.07. The summed E-state index contributed by atoms with van der Waals surface area (Å²) in [7, 11) is 0. The van der Waals surface area contributed by atoms with Gasteiger partial charge in [0, 0.05) is 0 Å². The van der Waals surface area contributed by atoms with Crippen molar-refractivity contribution in [2.45, 2.75) is 26.1 Å². The molecule has 1 rings (SSSR count). The van der Waals surface area contributed by atoms with Crippen LogP contribution in [0.3, 0.4) is 0 Å². The van der Waals surface area contributed by atoms with Gasteiger partial charge in [0.2, 0.25) is 0 Å². The molecule has 0 aliphatic rings. The first-order valence-electron chi connectivity index (χ1n) is 4.65. The molecule has 0 spiro atoms. The van der Waals surface area contributed by atoms with Crippen LogP contribution >= 0.6 is 0 Å². The Morgan fingerprint density at radius 1 is 1.44 bits per heavy atom. The van der Waals surface area contributed by atoms with Crippen molar-refractivity contribution in [3.63, 3.8) is 0 Å². The second-order valence-electron chi connectivity index (χ2n) is 3.29. The van der Waals surface area contributed by atoms with Crippen molar-refractivity contribution in [3.8, 4) is 11.8 Å². The maximum Gasteiger partial charge on any atom is 0.573 e. The van der Waals surface area contributed by atoms with Crippen LogP contribution in [0.5, 0.6) is 5.75 Å². The van der Waals surface area contributed by atoms with E-state index in [4.69, 9.17) is 5.26 Å². The topological polar surface area (TPSA) is 45.9 Å². The van der Waals surface area contributed by atoms with Crippen LogP contribution in [0.1, 0.15) is 23.2 Å². The van der Waals surface area contributed by atoms with Crippen LogP contribution in [0.25, 0.3) is 0 Å². The fraction of sp³-hybridized carbons (Fsp3) is 0.400. The van der Waals surface area contributed by atoms with Crippen LogP contribution in [0, 0.1) is 18.3 Å². The number of hydrogen-bond donors (Lipinski definition) is 0. The van der Waals surface area contributed by atoms with Gasteiger partial charge in [0.15, 0.2) is 5.75 Å². The van der Waals surface area contributed by atoms with E-state index in [1.54, 1.807) is 6.07 Å². The van der Waals surface area contributed by atoms with Crippen molar-refractivity contribution >= 4 is 0 Å². The number of alkyl halides is 5. The van der Waals surface area contributed by atoms with E-state index in [1.807, 2.05) is 0 Å². The van der Waals surface area contributed by atoms with Gasteiger partial charge in [0.05, 0.1) is 29.9 Å². The van der Waals surface area contributed by atoms with Crippen LogP contribution in [-0.4, -0.2) is 11.3 Å². The molecule has 1 aromatic heterocycles. The van der Waals surface area contributed by atoms with Gasteiger partial charge in [0.25, 0.3) is 6.43 Å². The Hall–Kier alpha value is -1.91. The third kappa shape index (κ3) is 3.29. The van der Waals surface area contributed by atoms with Crippen LogP contribution in [0.2, 0.25) is 0 Å². The highest BCUT2D eigenvalue weighted by Gasteiger charge is 2.34. The zero-order valence-corrected chi connectivity index (χ0v) is 9.05. The van der Waals surface area contributed by atoms with E-state index in [9.17, 15) is 22.0 Å². The van der Waals surface area contributed by atoms with Gasteiger partial charge in [-0.15, -0.1) is 13.2 Å². The van der Waals surface area contributed by atoms with Crippen molar-refractivity contribution in [2.24, 2.45) is 0 Å². The lowest BCUT2D eigenvalue weighted by atomic mass is 10.1. The molecule has 0 amide bonds. The zero-order valence-electron chi connectivity index (χ0n) is 9.05. The summed E-state index contributed by atoms with van der Waals surface area (Å²) in [6.45, 7) is 1.17. The fourth-order valence-corrected chi connectivity index (χ4v) is 1.37. The molecule has 0 saturated heterocycles. The third-order valence-corrected chi connectivity index (χ3v) is 2.13. The van der Waals surface area contributed by atoms with Gasteiger partial charge in [0.1, 0.15) is 0 Å². The molecule has 98 valence electrons. The van der Waals surface area contributed by atoms with Gasteiger partial charge in [-0.05, 0) is 12.5 Å². The van der Waals surface area contributed by atoms with E-state index in [1.165, 1.54) is 6.92 Å². The summed E-state index contributed by atoms with van der Waals surface area (Å²) < 4.78 is 65.0. The van der Waals surface area contributed by atoms with Gasteiger partial charge in [-0.2, -0.15) is 5.26 Å². The molecule has 1 heterocycles. The fourth-order valence-electron chi connectivity index (χ4n) is 1.37. The summed E-state index contributed by atoms with van der Waals surface area (Å²) in [4.78, 5) is 3.51. The van der Waals surface area contributed by atoms with Gasteiger partial charge in [-0.1, -0.05) is 0 Å². The molecule has 0 N–H and O–H groups in total. The van der Waals surface area contributed by atoms with E-state index < -0.39 is 24.1 Å². The SMILES string of the molecule is Cc1c(CC#N)ncc(OC(F)(F)F)c1C(F)F. The van der Waals surface area contributed by atoms with Crippen molar-refractivity contribution in [1.29, 1.82) is 5.26 Å². The molecule has 8 heteroatoms. The van der Waals surface area contributed by atoms with E-state index >= 15 is 0 Å². The predicted molar refractivity (Wildman–Crippen MR) is 49.9 cm³/mol. The van der Waals surface area contributed by atoms with Gasteiger partial charge in [-0.25, -0.2) is 8.78 Å². The number of ether oxygens (including phenoxy) is 1. The van der Waals surface area contributed by atoms with Crippen molar-refractivity contribution in [3.05, 3.63) is 23.0 Å². The number of halogens is 5. The number of aromatic nitrogens is 1. The van der Waals surface area contributed by atoms with Crippen LogP contribution < -0.4 is 4.74 Å².